The second-order valence-electron chi connectivity index (χ2n) is 5.11. The van der Waals surface area contributed by atoms with Gasteiger partial charge in [0.1, 0.15) is 11.3 Å². The molecule has 0 aliphatic carbocycles. The molecule has 7 nitrogen and oxygen atoms in total. The molecule has 2 rings (SSSR count). The van der Waals surface area contributed by atoms with Crippen LogP contribution in [0.15, 0.2) is 36.4 Å². The van der Waals surface area contributed by atoms with Crippen LogP contribution in [0.1, 0.15) is 24.2 Å². The van der Waals surface area contributed by atoms with Crippen LogP contribution in [-0.4, -0.2) is 35.7 Å². The van der Waals surface area contributed by atoms with E-state index in [0.29, 0.717) is 6.54 Å². The molecule has 0 aliphatic rings. The first-order valence-electron chi connectivity index (χ1n) is 7.43. The molecule has 3 amide bonds. The lowest BCUT2D eigenvalue weighted by Crippen LogP contribution is -2.44. The Morgan fingerprint density at radius 1 is 1.17 bits per heavy atom. The van der Waals surface area contributed by atoms with Crippen LogP contribution in [0.4, 0.5) is 4.79 Å². The van der Waals surface area contributed by atoms with Gasteiger partial charge in [-0.05, 0) is 36.8 Å². The van der Waals surface area contributed by atoms with E-state index in [4.69, 9.17) is 4.74 Å². The lowest BCUT2D eigenvalue weighted by Gasteiger charge is -2.14. The number of esters is 1. The second-order valence-corrected chi connectivity index (χ2v) is 5.11. The fraction of sp³-hybridized carbons (Fsp3) is 0.235. The van der Waals surface area contributed by atoms with Crippen molar-refractivity contribution in [3.8, 4) is 5.75 Å². The largest absolute Gasteiger partial charge is 0.507 e. The van der Waals surface area contributed by atoms with Gasteiger partial charge in [0.25, 0.3) is 5.91 Å². The number of amides is 3. The van der Waals surface area contributed by atoms with Gasteiger partial charge >= 0.3 is 12.0 Å². The maximum atomic E-state index is 12.2. The molecule has 2 aromatic carbocycles. The molecular formula is C17H18N2O5. The van der Waals surface area contributed by atoms with E-state index in [9.17, 15) is 19.5 Å². The zero-order valence-electron chi connectivity index (χ0n) is 13.3. The van der Waals surface area contributed by atoms with Crippen molar-refractivity contribution in [1.29, 1.82) is 0 Å². The number of hydrogen-bond acceptors (Lipinski definition) is 5. The topological polar surface area (TPSA) is 105 Å². The Labute approximate surface area is 138 Å². The molecule has 24 heavy (non-hydrogen) atoms. The van der Waals surface area contributed by atoms with Crippen molar-refractivity contribution in [2.45, 2.75) is 20.0 Å². The number of benzene rings is 2. The molecule has 0 spiro atoms. The van der Waals surface area contributed by atoms with Crippen LogP contribution in [0.25, 0.3) is 10.8 Å². The fourth-order valence-corrected chi connectivity index (χ4v) is 2.09. The quantitative estimate of drug-likeness (QED) is 0.743. The molecule has 126 valence electrons. The number of phenolic OH excluding ortho intramolecular Hbond substituents is 1. The molecule has 0 bridgehead atoms. The van der Waals surface area contributed by atoms with E-state index in [1.54, 1.807) is 25.1 Å². The van der Waals surface area contributed by atoms with Gasteiger partial charge in [0.15, 0.2) is 6.10 Å². The van der Waals surface area contributed by atoms with Crippen molar-refractivity contribution in [1.82, 2.24) is 10.6 Å². The molecule has 0 radical (unpaired) electrons. The lowest BCUT2D eigenvalue weighted by atomic mass is 10.1. The Morgan fingerprint density at radius 3 is 2.42 bits per heavy atom. The monoisotopic (exact) mass is 330 g/mol. The normalized spacial score (nSPS) is 11.6. The van der Waals surface area contributed by atoms with E-state index in [-0.39, 0.29) is 11.3 Å². The van der Waals surface area contributed by atoms with Crippen molar-refractivity contribution in [2.75, 3.05) is 6.54 Å². The number of phenols is 1. The second kappa shape index (κ2) is 7.45. The van der Waals surface area contributed by atoms with Gasteiger partial charge < -0.3 is 15.2 Å². The number of aromatic hydroxyl groups is 1. The Morgan fingerprint density at radius 2 is 1.79 bits per heavy atom. The van der Waals surface area contributed by atoms with Gasteiger partial charge in [-0.15, -0.1) is 0 Å². The molecule has 0 saturated heterocycles. The number of urea groups is 1. The molecule has 2 aromatic rings. The first-order valence-corrected chi connectivity index (χ1v) is 7.43. The predicted molar refractivity (Wildman–Crippen MR) is 87.7 cm³/mol. The third-order valence-corrected chi connectivity index (χ3v) is 3.31. The number of rotatable bonds is 4. The molecule has 1 atom stereocenters. The summed E-state index contributed by atoms with van der Waals surface area (Å²) >= 11 is 0. The van der Waals surface area contributed by atoms with Crippen molar-refractivity contribution in [2.24, 2.45) is 0 Å². The van der Waals surface area contributed by atoms with Crippen molar-refractivity contribution in [3.05, 3.63) is 42.0 Å². The molecule has 1 unspecified atom stereocenters. The molecule has 0 heterocycles. The van der Waals surface area contributed by atoms with Gasteiger partial charge in [-0.25, -0.2) is 9.59 Å². The predicted octanol–water partition coefficient (Wildman–Crippen LogP) is 1.94. The van der Waals surface area contributed by atoms with E-state index in [2.05, 4.69) is 10.6 Å². The average molecular weight is 330 g/mol. The van der Waals surface area contributed by atoms with Gasteiger partial charge in [-0.3, -0.25) is 10.1 Å². The number of nitrogens with one attached hydrogen (secondary N) is 2. The number of ether oxygens (including phenoxy) is 1. The zero-order chi connectivity index (χ0) is 17.7. The van der Waals surface area contributed by atoms with E-state index in [1.807, 2.05) is 6.07 Å². The Hall–Kier alpha value is -3.09. The molecule has 7 heteroatoms. The zero-order valence-corrected chi connectivity index (χ0v) is 13.3. The van der Waals surface area contributed by atoms with Crippen LogP contribution in [-0.2, 0) is 9.53 Å². The van der Waals surface area contributed by atoms with Crippen LogP contribution in [0, 0.1) is 0 Å². The fourth-order valence-electron chi connectivity index (χ4n) is 2.09. The summed E-state index contributed by atoms with van der Waals surface area (Å²) in [4.78, 5) is 35.2. The smallest absolute Gasteiger partial charge is 0.342 e. The number of imide groups is 1. The number of hydrogen-bond donors (Lipinski definition) is 3. The van der Waals surface area contributed by atoms with Gasteiger partial charge in [-0.1, -0.05) is 24.3 Å². The molecule has 0 aromatic heterocycles. The Balaban J connectivity index is 2.10. The maximum Gasteiger partial charge on any atom is 0.342 e. The highest BCUT2D eigenvalue weighted by molar-refractivity contribution is 6.01. The van der Waals surface area contributed by atoms with Gasteiger partial charge in [0.05, 0.1) is 0 Å². The summed E-state index contributed by atoms with van der Waals surface area (Å²) in [6.07, 6.45) is -1.19. The highest BCUT2D eigenvalue weighted by Gasteiger charge is 2.22. The van der Waals surface area contributed by atoms with E-state index < -0.39 is 24.0 Å². The Kier molecular flexibility index (Phi) is 5.36. The van der Waals surface area contributed by atoms with Crippen molar-refractivity contribution < 1.29 is 24.2 Å². The van der Waals surface area contributed by atoms with E-state index in [0.717, 1.165) is 10.8 Å². The minimum atomic E-state index is -1.19. The van der Waals surface area contributed by atoms with Crippen LogP contribution in [0.5, 0.6) is 5.75 Å². The SMILES string of the molecule is CCNC(=O)NC(=O)C(C)OC(=O)c1cc2ccccc2cc1O. The highest BCUT2D eigenvalue weighted by Crippen LogP contribution is 2.25. The van der Waals surface area contributed by atoms with Crippen molar-refractivity contribution in [3.63, 3.8) is 0 Å². The average Bonchev–Trinajstić information content (AvgIpc) is 2.54. The highest BCUT2D eigenvalue weighted by atomic mass is 16.5. The minimum absolute atomic E-state index is 0.0497. The third kappa shape index (κ3) is 4.01. The van der Waals surface area contributed by atoms with Crippen molar-refractivity contribution >= 4 is 28.7 Å². The van der Waals surface area contributed by atoms with Gasteiger partial charge in [0, 0.05) is 6.54 Å². The van der Waals surface area contributed by atoms with Crippen LogP contribution in [0.2, 0.25) is 0 Å². The summed E-state index contributed by atoms with van der Waals surface area (Å²) in [7, 11) is 0. The number of carbonyl (C=O) groups excluding carboxylic acids is 3. The summed E-state index contributed by atoms with van der Waals surface area (Å²) < 4.78 is 5.02. The standard InChI is InChI=1S/C17H18N2O5/c1-3-18-17(23)19-15(21)10(2)24-16(22)13-8-11-6-4-5-7-12(11)9-14(13)20/h4-10,20H,3H2,1-2H3,(H2,18,19,21,23). The molecule has 0 saturated carbocycles. The third-order valence-electron chi connectivity index (χ3n) is 3.31. The lowest BCUT2D eigenvalue weighted by molar-refractivity contribution is -0.127. The number of fused-ring (bicyclic) bond motifs is 1. The van der Waals surface area contributed by atoms with E-state index in [1.165, 1.54) is 19.1 Å². The maximum absolute atomic E-state index is 12.2. The van der Waals surface area contributed by atoms with Gasteiger partial charge in [0.2, 0.25) is 0 Å². The summed E-state index contributed by atoms with van der Waals surface area (Å²) in [6, 6.07) is 9.47. The van der Waals surface area contributed by atoms with Crippen LogP contribution in [0.3, 0.4) is 0 Å². The molecular weight excluding hydrogens is 312 g/mol. The first-order chi connectivity index (χ1) is 11.4. The molecule has 3 N–H and O–H groups in total. The van der Waals surface area contributed by atoms with Crippen LogP contribution < -0.4 is 10.6 Å². The summed E-state index contributed by atoms with van der Waals surface area (Å²) in [5.41, 5.74) is -0.0497. The summed E-state index contributed by atoms with van der Waals surface area (Å²) in [5, 5.41) is 16.0. The summed E-state index contributed by atoms with van der Waals surface area (Å²) in [6.45, 7) is 3.40. The van der Waals surface area contributed by atoms with Gasteiger partial charge in [-0.2, -0.15) is 0 Å². The summed E-state index contributed by atoms with van der Waals surface area (Å²) in [5.74, 6) is -1.85. The number of carbonyl (C=O) groups is 3. The van der Waals surface area contributed by atoms with E-state index >= 15 is 0 Å². The molecule has 0 aliphatic heterocycles. The first kappa shape index (κ1) is 17.3. The molecule has 0 fully saturated rings. The minimum Gasteiger partial charge on any atom is -0.507 e. The van der Waals surface area contributed by atoms with Crippen LogP contribution >= 0.6 is 0 Å². The Bertz CT molecular complexity index is 788.